The zero-order valence-corrected chi connectivity index (χ0v) is 16.9. The van der Waals surface area contributed by atoms with Crippen molar-refractivity contribution in [2.24, 2.45) is 0 Å². The van der Waals surface area contributed by atoms with Crippen molar-refractivity contribution in [2.75, 3.05) is 0 Å². The minimum absolute atomic E-state index is 0.0395. The lowest BCUT2D eigenvalue weighted by Crippen LogP contribution is -2.08. The number of nitrogens with zero attached hydrogens (tertiary/aromatic N) is 4. The average molecular weight is 413 g/mol. The van der Waals surface area contributed by atoms with Crippen LogP contribution in [0.5, 0.6) is 0 Å². The number of aromatic nitrogens is 5. The number of H-pyrrole nitrogens is 1. The van der Waals surface area contributed by atoms with E-state index in [1.165, 1.54) is 18.0 Å². The van der Waals surface area contributed by atoms with E-state index in [1.54, 1.807) is 12.3 Å². The number of rotatable bonds is 5. The number of aryl methyl sites for hydroxylation is 2. The molecule has 0 unspecified atom stereocenters. The smallest absolute Gasteiger partial charge is 0.224 e. The summed E-state index contributed by atoms with van der Waals surface area (Å²) in [6, 6.07) is 5.39. The summed E-state index contributed by atoms with van der Waals surface area (Å²) in [5, 5.41) is 0.697. The Morgan fingerprint density at radius 2 is 2.03 bits per heavy atom. The van der Waals surface area contributed by atoms with Gasteiger partial charge in [-0.3, -0.25) is 9.78 Å². The molecule has 6 rings (SSSR count). The minimum Gasteiger partial charge on any atom is -0.345 e. The van der Waals surface area contributed by atoms with Gasteiger partial charge in [-0.15, -0.1) is 0 Å². The highest BCUT2D eigenvalue weighted by Crippen LogP contribution is 2.42. The monoisotopic (exact) mass is 413 g/mol. The molecule has 4 heterocycles. The van der Waals surface area contributed by atoms with Crippen LogP contribution in [0.15, 0.2) is 36.9 Å². The van der Waals surface area contributed by atoms with E-state index in [0.717, 1.165) is 49.1 Å². The van der Waals surface area contributed by atoms with E-state index in [4.69, 9.17) is 0 Å². The van der Waals surface area contributed by atoms with Crippen LogP contribution in [0.2, 0.25) is 0 Å². The molecule has 0 spiro atoms. The number of carbonyl (C=O) groups excluding carboxylic acids is 1. The second kappa shape index (κ2) is 7.04. The molecule has 1 N–H and O–H groups in total. The summed E-state index contributed by atoms with van der Waals surface area (Å²) in [4.78, 5) is 33.4. The first kappa shape index (κ1) is 18.3. The summed E-state index contributed by atoms with van der Waals surface area (Å²) in [5.74, 6) is -0.811. The third-order valence-corrected chi connectivity index (χ3v) is 6.22. The van der Waals surface area contributed by atoms with Crippen LogP contribution in [0.3, 0.4) is 0 Å². The number of fused-ring (bicyclic) bond motifs is 2. The van der Waals surface area contributed by atoms with Gasteiger partial charge in [0.1, 0.15) is 12.0 Å². The molecule has 4 aromatic heterocycles. The standard InChI is InChI=1S/C24H20FN5O/c25-23-17(7-6-16(30-23)9-13-8-15-2-1-3-19(15)26-10-13)22(31)18-11-27-24-20(18)21(14-4-5-14)28-12-29-24/h6-8,10-12,14H,1-5,9H2,(H,27,28,29). The highest BCUT2D eigenvalue weighted by atomic mass is 19.1. The highest BCUT2D eigenvalue weighted by molar-refractivity contribution is 6.16. The first-order chi connectivity index (χ1) is 15.2. The van der Waals surface area contributed by atoms with Crippen molar-refractivity contribution >= 4 is 16.8 Å². The van der Waals surface area contributed by atoms with Crippen LogP contribution in [-0.2, 0) is 19.3 Å². The van der Waals surface area contributed by atoms with E-state index in [0.29, 0.717) is 34.6 Å². The lowest BCUT2D eigenvalue weighted by Gasteiger charge is -2.07. The molecule has 31 heavy (non-hydrogen) atoms. The fourth-order valence-electron chi connectivity index (χ4n) is 4.50. The predicted molar refractivity (Wildman–Crippen MR) is 113 cm³/mol. The molecule has 2 aliphatic carbocycles. The minimum atomic E-state index is -0.754. The van der Waals surface area contributed by atoms with Crippen molar-refractivity contribution in [3.8, 4) is 0 Å². The summed E-state index contributed by atoms with van der Waals surface area (Å²) >= 11 is 0. The second-order valence-corrected chi connectivity index (χ2v) is 8.41. The van der Waals surface area contributed by atoms with Crippen LogP contribution < -0.4 is 0 Å². The number of aromatic amines is 1. The normalized spacial score (nSPS) is 15.4. The Morgan fingerprint density at radius 1 is 1.13 bits per heavy atom. The third kappa shape index (κ3) is 3.21. The molecule has 0 aliphatic heterocycles. The molecule has 0 saturated heterocycles. The van der Waals surface area contributed by atoms with Crippen molar-refractivity contribution in [3.63, 3.8) is 0 Å². The van der Waals surface area contributed by atoms with Crippen molar-refractivity contribution < 1.29 is 9.18 Å². The first-order valence-corrected chi connectivity index (χ1v) is 10.7. The largest absolute Gasteiger partial charge is 0.345 e. The molecule has 0 atom stereocenters. The maximum Gasteiger partial charge on any atom is 0.224 e. The molecule has 1 saturated carbocycles. The fourth-order valence-corrected chi connectivity index (χ4v) is 4.50. The lowest BCUT2D eigenvalue weighted by molar-refractivity contribution is 0.103. The maximum absolute atomic E-state index is 14.9. The van der Waals surface area contributed by atoms with Gasteiger partial charge < -0.3 is 4.98 Å². The summed E-state index contributed by atoms with van der Waals surface area (Å²) < 4.78 is 14.9. The number of hydrogen-bond acceptors (Lipinski definition) is 5. The molecular formula is C24H20FN5O. The van der Waals surface area contributed by atoms with Gasteiger partial charge in [0.05, 0.1) is 22.2 Å². The zero-order chi connectivity index (χ0) is 20.9. The number of hydrogen-bond donors (Lipinski definition) is 1. The molecule has 4 aromatic rings. The number of carbonyl (C=O) groups is 1. The quantitative estimate of drug-likeness (QED) is 0.394. The predicted octanol–water partition coefficient (Wildman–Crippen LogP) is 4.07. The van der Waals surface area contributed by atoms with Crippen LogP contribution >= 0.6 is 0 Å². The van der Waals surface area contributed by atoms with E-state index in [-0.39, 0.29) is 5.56 Å². The van der Waals surface area contributed by atoms with Gasteiger partial charge in [-0.05, 0) is 55.4 Å². The molecule has 154 valence electrons. The van der Waals surface area contributed by atoms with Crippen LogP contribution in [0.4, 0.5) is 4.39 Å². The molecule has 0 amide bonds. The van der Waals surface area contributed by atoms with Gasteiger partial charge in [0, 0.05) is 36.1 Å². The van der Waals surface area contributed by atoms with Crippen molar-refractivity contribution in [1.29, 1.82) is 0 Å². The summed E-state index contributed by atoms with van der Waals surface area (Å²) in [6.07, 6.45) is 10.7. The lowest BCUT2D eigenvalue weighted by atomic mass is 10.0. The average Bonchev–Trinajstić information content (AvgIpc) is 3.35. The third-order valence-electron chi connectivity index (χ3n) is 6.22. The van der Waals surface area contributed by atoms with Crippen LogP contribution in [0.1, 0.15) is 69.3 Å². The molecular weight excluding hydrogens is 393 g/mol. The Hall–Kier alpha value is -3.48. The van der Waals surface area contributed by atoms with Crippen LogP contribution in [-0.4, -0.2) is 30.7 Å². The SMILES string of the molecule is O=C(c1ccc(Cc2cnc3c(c2)CCC3)nc1F)c1c[nH]c2ncnc(C3CC3)c12. The van der Waals surface area contributed by atoms with E-state index < -0.39 is 11.7 Å². The van der Waals surface area contributed by atoms with E-state index >= 15 is 0 Å². The van der Waals surface area contributed by atoms with Crippen LogP contribution in [0, 0.1) is 5.95 Å². The highest BCUT2D eigenvalue weighted by Gasteiger charge is 2.30. The number of nitrogens with one attached hydrogen (secondary N) is 1. The fraction of sp³-hybridized carbons (Fsp3) is 0.292. The Kier molecular flexibility index (Phi) is 4.16. The molecule has 1 fully saturated rings. The van der Waals surface area contributed by atoms with Gasteiger partial charge in [-0.1, -0.05) is 6.07 Å². The van der Waals surface area contributed by atoms with Gasteiger partial charge in [0.15, 0.2) is 5.78 Å². The topological polar surface area (TPSA) is 84.4 Å². The summed E-state index contributed by atoms with van der Waals surface area (Å²) in [7, 11) is 0. The Labute approximate surface area is 178 Å². The molecule has 0 radical (unpaired) electrons. The first-order valence-electron chi connectivity index (χ1n) is 10.7. The Bertz CT molecular complexity index is 1340. The molecule has 7 heteroatoms. The Morgan fingerprint density at radius 3 is 2.87 bits per heavy atom. The van der Waals surface area contributed by atoms with Gasteiger partial charge in [0.25, 0.3) is 0 Å². The van der Waals surface area contributed by atoms with Crippen molar-refractivity contribution in [2.45, 2.75) is 44.4 Å². The Balaban J connectivity index is 1.31. The second-order valence-electron chi connectivity index (χ2n) is 8.41. The van der Waals surface area contributed by atoms with E-state index in [2.05, 4.69) is 31.0 Å². The van der Waals surface area contributed by atoms with Gasteiger partial charge in [0.2, 0.25) is 5.95 Å². The van der Waals surface area contributed by atoms with Gasteiger partial charge in [-0.2, -0.15) is 4.39 Å². The maximum atomic E-state index is 14.9. The van der Waals surface area contributed by atoms with Crippen LogP contribution in [0.25, 0.3) is 11.0 Å². The molecule has 0 bridgehead atoms. The number of pyridine rings is 2. The summed E-state index contributed by atoms with van der Waals surface area (Å²) in [6.45, 7) is 0. The molecule has 6 nitrogen and oxygen atoms in total. The zero-order valence-electron chi connectivity index (χ0n) is 16.9. The van der Waals surface area contributed by atoms with E-state index in [1.807, 2.05) is 6.20 Å². The van der Waals surface area contributed by atoms with E-state index in [9.17, 15) is 9.18 Å². The van der Waals surface area contributed by atoms with Crippen molar-refractivity contribution in [3.05, 3.63) is 82.2 Å². The summed E-state index contributed by atoms with van der Waals surface area (Å²) in [5.41, 5.74) is 5.85. The molecule has 2 aliphatic rings. The van der Waals surface area contributed by atoms with Gasteiger partial charge >= 0.3 is 0 Å². The number of halogens is 1. The van der Waals surface area contributed by atoms with Gasteiger partial charge in [-0.25, -0.2) is 15.0 Å². The molecule has 0 aromatic carbocycles. The van der Waals surface area contributed by atoms with Crippen molar-refractivity contribution in [1.82, 2.24) is 24.9 Å². The number of ketones is 1.